The largest absolute Gasteiger partial charge is 0.497 e. The average molecular weight is 439 g/mol. The van der Waals surface area contributed by atoms with Crippen LogP contribution in [0.5, 0.6) is 5.75 Å². The molecule has 1 fully saturated rings. The Bertz CT molecular complexity index is 980. The lowest BCUT2D eigenvalue weighted by Crippen LogP contribution is -2.41. The fourth-order valence-electron chi connectivity index (χ4n) is 3.17. The van der Waals surface area contributed by atoms with Crippen LogP contribution < -0.4 is 10.1 Å². The highest BCUT2D eigenvalue weighted by Crippen LogP contribution is 2.28. The Morgan fingerprint density at radius 1 is 1.17 bits per heavy atom. The van der Waals surface area contributed by atoms with Gasteiger partial charge in [-0.1, -0.05) is 6.07 Å². The van der Waals surface area contributed by atoms with Gasteiger partial charge in [0.2, 0.25) is 5.91 Å². The molecule has 0 aliphatic carbocycles. The number of sulfonamides is 1. The number of nitrogens with zero attached hydrogens (tertiary/aromatic N) is 1. The molecule has 2 heterocycles. The highest BCUT2D eigenvalue weighted by molar-refractivity contribution is 7.91. The van der Waals surface area contributed by atoms with Crippen LogP contribution in [-0.4, -0.2) is 51.9 Å². The topological polar surface area (TPSA) is 102 Å². The summed E-state index contributed by atoms with van der Waals surface area (Å²) in [5.41, 5.74) is 0.522. The first-order valence-corrected chi connectivity index (χ1v) is 11.3. The smallest absolute Gasteiger partial charge is 0.340 e. The van der Waals surface area contributed by atoms with E-state index in [0.29, 0.717) is 28.5 Å². The number of anilines is 1. The van der Waals surface area contributed by atoms with Crippen LogP contribution in [0, 0.1) is 5.92 Å². The molecule has 29 heavy (non-hydrogen) atoms. The number of carbonyl (C=O) groups is 2. The molecule has 2 aromatic rings. The number of methoxy groups -OCH3 is 2. The summed E-state index contributed by atoms with van der Waals surface area (Å²) in [6.07, 6.45) is 0.806. The first-order chi connectivity index (χ1) is 13.9. The van der Waals surface area contributed by atoms with E-state index in [0.717, 1.165) is 0 Å². The number of rotatable bonds is 6. The summed E-state index contributed by atoms with van der Waals surface area (Å²) in [6, 6.07) is 8.00. The Morgan fingerprint density at radius 3 is 2.48 bits per heavy atom. The third-order valence-corrected chi connectivity index (χ3v) is 8.08. The number of hydrogen-bond acceptors (Lipinski definition) is 7. The van der Waals surface area contributed by atoms with Gasteiger partial charge in [-0.25, -0.2) is 13.2 Å². The fraction of sp³-hybridized carbons (Fsp3) is 0.368. The van der Waals surface area contributed by atoms with Gasteiger partial charge in [0, 0.05) is 19.0 Å². The van der Waals surface area contributed by atoms with Gasteiger partial charge in [-0.3, -0.25) is 4.79 Å². The Hall–Kier alpha value is -2.43. The Kier molecular flexibility index (Phi) is 6.56. The first kappa shape index (κ1) is 21.3. The van der Waals surface area contributed by atoms with Crippen LogP contribution in [-0.2, 0) is 19.6 Å². The van der Waals surface area contributed by atoms with Gasteiger partial charge in [0.1, 0.15) is 9.96 Å². The minimum Gasteiger partial charge on any atom is -0.497 e. The van der Waals surface area contributed by atoms with E-state index in [1.54, 1.807) is 29.6 Å². The zero-order chi connectivity index (χ0) is 21.0. The number of benzene rings is 1. The van der Waals surface area contributed by atoms with E-state index >= 15 is 0 Å². The number of piperidine rings is 1. The first-order valence-electron chi connectivity index (χ1n) is 8.97. The minimum atomic E-state index is -3.51. The number of esters is 1. The molecule has 0 unspecified atom stereocenters. The monoisotopic (exact) mass is 438 g/mol. The van der Waals surface area contributed by atoms with E-state index < -0.39 is 16.0 Å². The van der Waals surface area contributed by atoms with Crippen LogP contribution in [0.4, 0.5) is 5.69 Å². The second kappa shape index (κ2) is 8.93. The maximum absolute atomic E-state index is 12.7. The van der Waals surface area contributed by atoms with Gasteiger partial charge in [-0.2, -0.15) is 4.31 Å². The minimum absolute atomic E-state index is 0.193. The van der Waals surface area contributed by atoms with Crippen molar-refractivity contribution in [2.75, 3.05) is 32.6 Å². The molecule has 1 N–H and O–H groups in total. The average Bonchev–Trinajstić information content (AvgIpc) is 3.29. The summed E-state index contributed by atoms with van der Waals surface area (Å²) in [6.45, 7) is 0.537. The molecule has 0 radical (unpaired) electrons. The molecule has 1 aromatic heterocycles. The van der Waals surface area contributed by atoms with Gasteiger partial charge in [-0.05, 0) is 42.5 Å². The van der Waals surface area contributed by atoms with Crippen molar-refractivity contribution in [3.8, 4) is 5.75 Å². The van der Waals surface area contributed by atoms with E-state index in [1.165, 1.54) is 35.9 Å². The quantitative estimate of drug-likeness (QED) is 0.696. The number of ether oxygens (including phenoxy) is 2. The molecule has 1 amide bonds. The zero-order valence-corrected chi connectivity index (χ0v) is 17.7. The van der Waals surface area contributed by atoms with Crippen LogP contribution in [0.15, 0.2) is 39.9 Å². The molecule has 1 aliphatic heterocycles. The molecule has 10 heteroatoms. The predicted molar refractivity (Wildman–Crippen MR) is 109 cm³/mol. The number of amides is 1. The molecule has 0 saturated carbocycles. The van der Waals surface area contributed by atoms with Crippen molar-refractivity contribution in [2.24, 2.45) is 5.92 Å². The number of nitrogens with one attached hydrogen (secondary N) is 1. The Labute approximate surface area is 173 Å². The van der Waals surface area contributed by atoms with Crippen LogP contribution >= 0.6 is 11.3 Å². The molecule has 0 atom stereocenters. The van der Waals surface area contributed by atoms with Gasteiger partial charge in [0.25, 0.3) is 10.0 Å². The van der Waals surface area contributed by atoms with E-state index in [2.05, 4.69) is 5.32 Å². The van der Waals surface area contributed by atoms with Gasteiger partial charge in [-0.15, -0.1) is 11.3 Å². The van der Waals surface area contributed by atoms with Crippen molar-refractivity contribution < 1.29 is 27.5 Å². The van der Waals surface area contributed by atoms with E-state index in [-0.39, 0.29) is 30.5 Å². The van der Waals surface area contributed by atoms with Crippen molar-refractivity contribution in [2.45, 2.75) is 17.1 Å². The number of hydrogen-bond donors (Lipinski definition) is 1. The van der Waals surface area contributed by atoms with Crippen molar-refractivity contribution in [1.82, 2.24) is 4.31 Å². The molecule has 0 spiro atoms. The zero-order valence-electron chi connectivity index (χ0n) is 16.1. The molecule has 0 bridgehead atoms. The third kappa shape index (κ3) is 4.60. The van der Waals surface area contributed by atoms with Gasteiger partial charge in [0.05, 0.1) is 25.5 Å². The molecule has 156 valence electrons. The molecule has 1 aliphatic rings. The normalized spacial score (nSPS) is 15.7. The lowest BCUT2D eigenvalue weighted by atomic mass is 9.97. The van der Waals surface area contributed by atoms with E-state index in [1.807, 2.05) is 0 Å². The second-order valence-corrected chi connectivity index (χ2v) is 9.62. The van der Waals surface area contributed by atoms with E-state index in [4.69, 9.17) is 9.47 Å². The van der Waals surface area contributed by atoms with Crippen molar-refractivity contribution in [3.63, 3.8) is 0 Å². The summed E-state index contributed by atoms with van der Waals surface area (Å²) < 4.78 is 36.8. The summed E-state index contributed by atoms with van der Waals surface area (Å²) in [5, 5.41) is 4.49. The maximum Gasteiger partial charge on any atom is 0.340 e. The van der Waals surface area contributed by atoms with Gasteiger partial charge < -0.3 is 14.8 Å². The SMILES string of the molecule is COC(=O)c1cc(OC)ccc1NC(=O)C1CCN(S(=O)(=O)c2cccs2)CC1. The maximum atomic E-state index is 12.7. The third-order valence-electron chi connectivity index (χ3n) is 4.80. The molecule has 1 saturated heterocycles. The number of carbonyl (C=O) groups excluding carboxylic acids is 2. The fourth-order valence-corrected chi connectivity index (χ4v) is 5.78. The summed E-state index contributed by atoms with van der Waals surface area (Å²) >= 11 is 1.18. The summed E-state index contributed by atoms with van der Waals surface area (Å²) in [5.74, 6) is -0.725. The standard InChI is InChI=1S/C19H22N2O6S2/c1-26-14-5-6-16(15(12-14)19(23)27-2)20-18(22)13-7-9-21(10-8-13)29(24,25)17-4-3-11-28-17/h3-6,11-13H,7-10H2,1-2H3,(H,20,22). The highest BCUT2D eigenvalue weighted by atomic mass is 32.2. The lowest BCUT2D eigenvalue weighted by Gasteiger charge is -2.30. The highest BCUT2D eigenvalue weighted by Gasteiger charge is 2.33. The Balaban J connectivity index is 1.67. The Morgan fingerprint density at radius 2 is 1.90 bits per heavy atom. The van der Waals surface area contributed by atoms with Crippen molar-refractivity contribution >= 4 is 38.9 Å². The van der Waals surface area contributed by atoms with Crippen LogP contribution in [0.1, 0.15) is 23.2 Å². The molecular weight excluding hydrogens is 416 g/mol. The van der Waals surface area contributed by atoms with Crippen molar-refractivity contribution in [3.05, 3.63) is 41.3 Å². The number of thiophene rings is 1. The van der Waals surface area contributed by atoms with Crippen LogP contribution in [0.25, 0.3) is 0 Å². The van der Waals surface area contributed by atoms with Crippen LogP contribution in [0.2, 0.25) is 0 Å². The van der Waals surface area contributed by atoms with Crippen LogP contribution in [0.3, 0.4) is 0 Å². The van der Waals surface area contributed by atoms with Gasteiger partial charge >= 0.3 is 5.97 Å². The van der Waals surface area contributed by atoms with Gasteiger partial charge in [0.15, 0.2) is 0 Å². The molecule has 1 aromatic carbocycles. The molecule has 8 nitrogen and oxygen atoms in total. The van der Waals surface area contributed by atoms with Crippen molar-refractivity contribution in [1.29, 1.82) is 0 Å². The molecule has 3 rings (SSSR count). The lowest BCUT2D eigenvalue weighted by molar-refractivity contribution is -0.120. The summed E-state index contributed by atoms with van der Waals surface area (Å²) in [4.78, 5) is 24.7. The predicted octanol–water partition coefficient (Wildman–Crippen LogP) is 2.58. The molecular formula is C19H22N2O6S2. The van der Waals surface area contributed by atoms with E-state index in [9.17, 15) is 18.0 Å². The summed E-state index contributed by atoms with van der Waals surface area (Å²) in [7, 11) is -0.771. The second-order valence-electron chi connectivity index (χ2n) is 6.50.